The van der Waals surface area contributed by atoms with Crippen LogP contribution in [-0.4, -0.2) is 28.5 Å². The van der Waals surface area contributed by atoms with Crippen molar-refractivity contribution in [3.8, 4) is 5.75 Å². The Bertz CT molecular complexity index is 651. The van der Waals surface area contributed by atoms with Gasteiger partial charge in [-0.3, -0.25) is 9.78 Å². The monoisotopic (exact) mass is 259 g/mol. The van der Waals surface area contributed by atoms with Crippen molar-refractivity contribution in [2.45, 2.75) is 6.92 Å². The minimum Gasteiger partial charge on any atom is -0.497 e. The number of aromatic nitrogens is 3. The second kappa shape index (κ2) is 5.76. The van der Waals surface area contributed by atoms with E-state index < -0.39 is 0 Å². The number of hydrazone groups is 1. The molecular formula is C12H13N5O2. The summed E-state index contributed by atoms with van der Waals surface area (Å²) in [7, 11) is 1.60. The zero-order valence-corrected chi connectivity index (χ0v) is 10.5. The van der Waals surface area contributed by atoms with E-state index in [0.29, 0.717) is 5.69 Å². The Morgan fingerprint density at radius 2 is 2.26 bits per heavy atom. The maximum atomic E-state index is 11.3. The number of hydrogen-bond donors (Lipinski definition) is 2. The van der Waals surface area contributed by atoms with Gasteiger partial charge in [0.1, 0.15) is 11.4 Å². The Hall–Kier alpha value is -2.70. The third-order valence-electron chi connectivity index (χ3n) is 2.34. The number of hydrogen-bond acceptors (Lipinski definition) is 6. The van der Waals surface area contributed by atoms with Gasteiger partial charge in [0.2, 0.25) is 5.95 Å². The van der Waals surface area contributed by atoms with Crippen LogP contribution in [0.2, 0.25) is 0 Å². The highest BCUT2D eigenvalue weighted by Crippen LogP contribution is 2.10. The van der Waals surface area contributed by atoms with Crippen LogP contribution in [0, 0.1) is 6.92 Å². The average molecular weight is 259 g/mol. The molecule has 0 unspecified atom stereocenters. The fourth-order valence-electron chi connectivity index (χ4n) is 1.33. The third kappa shape index (κ3) is 3.38. The predicted octanol–water partition coefficient (Wildman–Crippen LogP) is 0.928. The Labute approximate surface area is 109 Å². The van der Waals surface area contributed by atoms with Crippen LogP contribution in [0.5, 0.6) is 5.75 Å². The SMILES string of the molecule is COc1cccc(/C=N\Nc2nnc(C)c(=O)[nH]2)c1. The first-order chi connectivity index (χ1) is 9.19. The lowest BCUT2D eigenvalue weighted by Crippen LogP contribution is -2.15. The molecule has 1 heterocycles. The summed E-state index contributed by atoms with van der Waals surface area (Å²) in [5, 5.41) is 11.4. The molecule has 0 aliphatic heterocycles. The highest BCUT2D eigenvalue weighted by atomic mass is 16.5. The molecule has 2 aromatic rings. The Balaban J connectivity index is 2.06. The van der Waals surface area contributed by atoms with Crippen molar-refractivity contribution in [3.05, 3.63) is 45.9 Å². The molecule has 1 aromatic heterocycles. The Morgan fingerprint density at radius 3 is 3.00 bits per heavy atom. The molecule has 0 atom stereocenters. The molecule has 2 N–H and O–H groups in total. The molecule has 7 nitrogen and oxygen atoms in total. The topological polar surface area (TPSA) is 92.3 Å². The predicted molar refractivity (Wildman–Crippen MR) is 71.6 cm³/mol. The molecule has 19 heavy (non-hydrogen) atoms. The van der Waals surface area contributed by atoms with E-state index in [4.69, 9.17) is 4.74 Å². The van der Waals surface area contributed by atoms with Crippen molar-refractivity contribution in [3.63, 3.8) is 0 Å². The Kier molecular flexibility index (Phi) is 3.87. The number of H-pyrrole nitrogens is 1. The van der Waals surface area contributed by atoms with Crippen LogP contribution < -0.4 is 15.7 Å². The fourth-order valence-corrected chi connectivity index (χ4v) is 1.33. The zero-order valence-electron chi connectivity index (χ0n) is 10.5. The lowest BCUT2D eigenvalue weighted by molar-refractivity contribution is 0.415. The molecule has 0 aliphatic carbocycles. The molecule has 2 rings (SSSR count). The lowest BCUT2D eigenvalue weighted by Gasteiger charge is -2.00. The number of nitrogens with zero attached hydrogens (tertiary/aromatic N) is 3. The standard InChI is InChI=1S/C12H13N5O2/c1-8-11(18)14-12(17-15-8)16-13-7-9-4-3-5-10(6-9)19-2/h3-7H,1-2H3,(H2,14,16,17,18)/b13-7-. The smallest absolute Gasteiger partial charge is 0.274 e. The summed E-state index contributed by atoms with van der Waals surface area (Å²) < 4.78 is 5.10. The summed E-state index contributed by atoms with van der Waals surface area (Å²) in [6, 6.07) is 7.40. The van der Waals surface area contributed by atoms with Crippen molar-refractivity contribution in [1.29, 1.82) is 0 Å². The summed E-state index contributed by atoms with van der Waals surface area (Å²) in [6.07, 6.45) is 1.59. The van der Waals surface area contributed by atoms with Gasteiger partial charge in [-0.05, 0) is 24.6 Å². The van der Waals surface area contributed by atoms with Crippen LogP contribution in [0.1, 0.15) is 11.3 Å². The van der Waals surface area contributed by atoms with Gasteiger partial charge < -0.3 is 4.74 Å². The summed E-state index contributed by atoms with van der Waals surface area (Å²) in [6.45, 7) is 1.58. The number of rotatable bonds is 4. The van der Waals surface area contributed by atoms with E-state index in [1.165, 1.54) is 0 Å². The van der Waals surface area contributed by atoms with Gasteiger partial charge >= 0.3 is 0 Å². The second-order valence-electron chi connectivity index (χ2n) is 3.73. The van der Waals surface area contributed by atoms with Crippen molar-refractivity contribution in [2.75, 3.05) is 12.5 Å². The molecule has 0 radical (unpaired) electrons. The van der Waals surface area contributed by atoms with E-state index in [-0.39, 0.29) is 11.5 Å². The fraction of sp³-hybridized carbons (Fsp3) is 0.167. The molecule has 0 aliphatic rings. The van der Waals surface area contributed by atoms with Gasteiger partial charge in [0, 0.05) is 0 Å². The molecule has 0 saturated heterocycles. The van der Waals surface area contributed by atoms with Gasteiger partial charge in [-0.2, -0.15) is 5.10 Å². The van der Waals surface area contributed by atoms with Crippen molar-refractivity contribution >= 4 is 12.2 Å². The largest absolute Gasteiger partial charge is 0.497 e. The van der Waals surface area contributed by atoms with E-state index in [0.717, 1.165) is 11.3 Å². The maximum absolute atomic E-state index is 11.3. The summed E-state index contributed by atoms with van der Waals surface area (Å²) in [5.41, 5.74) is 3.46. The lowest BCUT2D eigenvalue weighted by atomic mass is 10.2. The normalized spacial score (nSPS) is 10.6. The molecule has 0 amide bonds. The average Bonchev–Trinajstić information content (AvgIpc) is 2.43. The van der Waals surface area contributed by atoms with Crippen LogP contribution in [0.15, 0.2) is 34.2 Å². The number of aromatic amines is 1. The highest BCUT2D eigenvalue weighted by molar-refractivity contribution is 5.80. The van der Waals surface area contributed by atoms with E-state index in [1.54, 1.807) is 20.2 Å². The first kappa shape index (κ1) is 12.7. The van der Waals surface area contributed by atoms with Crippen LogP contribution in [0.4, 0.5) is 5.95 Å². The summed E-state index contributed by atoms with van der Waals surface area (Å²) in [4.78, 5) is 13.8. The molecule has 7 heteroatoms. The molecule has 1 aromatic carbocycles. The zero-order chi connectivity index (χ0) is 13.7. The number of nitrogens with one attached hydrogen (secondary N) is 2. The molecule has 0 spiro atoms. The van der Waals surface area contributed by atoms with E-state index in [2.05, 4.69) is 25.7 Å². The number of ether oxygens (including phenoxy) is 1. The minimum atomic E-state index is -0.297. The quantitative estimate of drug-likeness (QED) is 0.629. The van der Waals surface area contributed by atoms with Crippen molar-refractivity contribution in [1.82, 2.24) is 15.2 Å². The van der Waals surface area contributed by atoms with Gasteiger partial charge in [-0.15, -0.1) is 10.2 Å². The summed E-state index contributed by atoms with van der Waals surface area (Å²) in [5.74, 6) is 0.933. The summed E-state index contributed by atoms with van der Waals surface area (Å²) >= 11 is 0. The second-order valence-corrected chi connectivity index (χ2v) is 3.73. The van der Waals surface area contributed by atoms with Crippen LogP contribution in [0.3, 0.4) is 0 Å². The van der Waals surface area contributed by atoms with Crippen molar-refractivity contribution < 1.29 is 4.74 Å². The van der Waals surface area contributed by atoms with Crippen LogP contribution in [0.25, 0.3) is 0 Å². The van der Waals surface area contributed by atoms with Gasteiger partial charge in [-0.1, -0.05) is 12.1 Å². The number of aryl methyl sites for hydroxylation is 1. The molecule has 0 saturated carbocycles. The van der Waals surface area contributed by atoms with Gasteiger partial charge in [0.25, 0.3) is 5.56 Å². The van der Waals surface area contributed by atoms with Crippen LogP contribution >= 0.6 is 0 Å². The van der Waals surface area contributed by atoms with Crippen LogP contribution in [-0.2, 0) is 0 Å². The molecule has 0 fully saturated rings. The highest BCUT2D eigenvalue weighted by Gasteiger charge is 1.97. The molecular weight excluding hydrogens is 246 g/mol. The molecule has 98 valence electrons. The minimum absolute atomic E-state index is 0.190. The third-order valence-corrected chi connectivity index (χ3v) is 2.34. The van der Waals surface area contributed by atoms with Gasteiger partial charge in [-0.25, -0.2) is 5.43 Å². The molecule has 0 bridgehead atoms. The van der Waals surface area contributed by atoms with Gasteiger partial charge in [0.05, 0.1) is 13.3 Å². The van der Waals surface area contributed by atoms with Gasteiger partial charge in [0.15, 0.2) is 0 Å². The number of methoxy groups -OCH3 is 1. The first-order valence-corrected chi connectivity index (χ1v) is 5.56. The van der Waals surface area contributed by atoms with E-state index in [9.17, 15) is 4.79 Å². The first-order valence-electron chi connectivity index (χ1n) is 5.56. The van der Waals surface area contributed by atoms with E-state index >= 15 is 0 Å². The Morgan fingerprint density at radius 1 is 1.42 bits per heavy atom. The van der Waals surface area contributed by atoms with Crippen molar-refractivity contribution in [2.24, 2.45) is 5.10 Å². The number of anilines is 1. The van der Waals surface area contributed by atoms with E-state index in [1.807, 2.05) is 24.3 Å². The number of benzene rings is 1. The maximum Gasteiger partial charge on any atom is 0.274 e.